The quantitative estimate of drug-likeness (QED) is 0.121. The molecule has 0 fully saturated rings. The van der Waals surface area contributed by atoms with E-state index in [1.54, 1.807) is 0 Å². The fourth-order valence-corrected chi connectivity index (χ4v) is 14.3. The van der Waals surface area contributed by atoms with Gasteiger partial charge in [-0.1, -0.05) is 206 Å². The van der Waals surface area contributed by atoms with Gasteiger partial charge in [-0.25, -0.2) is 19.9 Å². The van der Waals surface area contributed by atoms with Crippen LogP contribution in [0.3, 0.4) is 0 Å². The molecule has 0 amide bonds. The third-order valence-electron chi connectivity index (χ3n) is 16.9. The van der Waals surface area contributed by atoms with E-state index < -0.39 is 0 Å². The maximum atomic E-state index is 5.50. The first-order chi connectivity index (χ1) is 44.1. The predicted molar refractivity (Wildman–Crippen MR) is 370 cm³/mol. The molecule has 5 aromatic heterocycles. The lowest BCUT2D eigenvalue weighted by molar-refractivity contribution is 0.995. The number of benzene rings is 12. The standard InChI is InChI=1S/C80H52N8S/c1-9-25-53(26-10-1)67-51-68(54-27-11-2-12-28-54)82-79(81-67)87-71-45-41-61(85(57-33-17-5-18-34-57)58-35-19-6-20-36-58)49-65(71)75-73(87)47-43-63-64-44-48-74-76(78(64)89-77(63)75)66-50-62(86(59-37-21-7-22-38-59)60-39-23-8-24-40-60)42-46-72(66)88(74)80-83-69(55-29-13-3-14-30-55)52-70(84-80)56-31-15-4-16-32-56/h1-52H. The molecule has 0 unspecified atom stereocenters. The summed E-state index contributed by atoms with van der Waals surface area (Å²) in [5.74, 6) is 1.18. The molecule has 9 heteroatoms. The Bertz CT molecular complexity index is 4930. The molecule has 12 aromatic carbocycles. The Morgan fingerprint density at radius 3 is 0.798 bits per heavy atom. The van der Waals surface area contributed by atoms with Crippen molar-refractivity contribution in [3.05, 3.63) is 315 Å². The summed E-state index contributed by atoms with van der Waals surface area (Å²) in [4.78, 5) is 26.7. The summed E-state index contributed by atoms with van der Waals surface area (Å²) in [5.41, 5.74) is 17.7. The van der Waals surface area contributed by atoms with Gasteiger partial charge in [0.15, 0.2) is 0 Å². The Morgan fingerprint density at radius 2 is 0.506 bits per heavy atom. The average Bonchev–Trinajstić information content (AvgIpc) is 1.67. The third-order valence-corrected chi connectivity index (χ3v) is 18.2. The van der Waals surface area contributed by atoms with Crippen LogP contribution in [0.15, 0.2) is 315 Å². The summed E-state index contributed by atoms with van der Waals surface area (Å²) >= 11 is 1.85. The monoisotopic (exact) mass is 1160 g/mol. The number of fused-ring (bicyclic) bond motifs is 11. The Morgan fingerprint density at radius 1 is 0.236 bits per heavy atom. The van der Waals surface area contributed by atoms with Gasteiger partial charge in [0.2, 0.25) is 11.9 Å². The number of rotatable bonds is 12. The van der Waals surface area contributed by atoms with E-state index in [0.29, 0.717) is 11.9 Å². The van der Waals surface area contributed by atoms with Crippen LogP contribution in [-0.2, 0) is 0 Å². The van der Waals surface area contributed by atoms with Gasteiger partial charge in [0.1, 0.15) is 0 Å². The number of aromatic nitrogens is 6. The minimum atomic E-state index is 0.591. The van der Waals surface area contributed by atoms with Crippen LogP contribution in [0.2, 0.25) is 0 Å². The van der Waals surface area contributed by atoms with E-state index in [1.165, 1.54) is 9.40 Å². The molecule has 17 rings (SSSR count). The zero-order valence-corrected chi connectivity index (χ0v) is 48.8. The van der Waals surface area contributed by atoms with Crippen LogP contribution in [0.1, 0.15) is 0 Å². The third kappa shape index (κ3) is 8.98. The second-order valence-corrected chi connectivity index (χ2v) is 23.2. The Kier molecular flexibility index (Phi) is 12.5. The van der Waals surface area contributed by atoms with Gasteiger partial charge in [0.25, 0.3) is 0 Å². The number of para-hydroxylation sites is 4. The molecular weight excluding hydrogens is 1110 g/mol. The van der Waals surface area contributed by atoms with Crippen molar-refractivity contribution in [3.63, 3.8) is 0 Å². The van der Waals surface area contributed by atoms with Gasteiger partial charge in [-0.2, -0.15) is 0 Å². The Balaban J connectivity index is 0.980. The van der Waals surface area contributed by atoms with Crippen molar-refractivity contribution in [2.24, 2.45) is 0 Å². The van der Waals surface area contributed by atoms with E-state index in [-0.39, 0.29) is 0 Å². The fraction of sp³-hybridized carbons (Fsp3) is 0. The summed E-state index contributed by atoms with van der Waals surface area (Å²) in [5, 5.41) is 6.75. The van der Waals surface area contributed by atoms with E-state index >= 15 is 0 Å². The van der Waals surface area contributed by atoms with Crippen LogP contribution in [0.25, 0.3) is 121 Å². The Labute approximate surface area is 517 Å². The smallest absolute Gasteiger partial charge is 0.235 e. The van der Waals surface area contributed by atoms with Gasteiger partial charge >= 0.3 is 0 Å². The highest BCUT2D eigenvalue weighted by atomic mass is 32.1. The molecule has 0 atom stereocenters. The molecule has 89 heavy (non-hydrogen) atoms. The molecule has 0 spiro atoms. The average molecular weight is 1160 g/mol. The van der Waals surface area contributed by atoms with Crippen molar-refractivity contribution in [1.82, 2.24) is 29.1 Å². The highest BCUT2D eigenvalue weighted by molar-refractivity contribution is 7.27. The first-order valence-corrected chi connectivity index (χ1v) is 30.7. The van der Waals surface area contributed by atoms with Crippen molar-refractivity contribution in [2.45, 2.75) is 0 Å². The first-order valence-electron chi connectivity index (χ1n) is 29.9. The second-order valence-electron chi connectivity index (χ2n) is 22.2. The number of nitrogens with zero attached hydrogens (tertiary/aromatic N) is 8. The molecule has 0 bridgehead atoms. The molecule has 0 aliphatic rings. The number of hydrogen-bond donors (Lipinski definition) is 0. The molecule has 0 radical (unpaired) electrons. The second kappa shape index (κ2) is 21.6. The highest BCUT2D eigenvalue weighted by Gasteiger charge is 2.26. The van der Waals surface area contributed by atoms with Crippen LogP contribution in [0.4, 0.5) is 34.1 Å². The van der Waals surface area contributed by atoms with Gasteiger partial charge < -0.3 is 9.80 Å². The lowest BCUT2D eigenvalue weighted by Crippen LogP contribution is -2.09. The maximum absolute atomic E-state index is 5.50. The molecule has 0 aliphatic carbocycles. The van der Waals surface area contributed by atoms with Crippen LogP contribution in [-0.4, -0.2) is 29.1 Å². The summed E-state index contributed by atoms with van der Waals surface area (Å²) in [6.45, 7) is 0. The Hall–Kier alpha value is -11.8. The number of anilines is 6. The van der Waals surface area contributed by atoms with E-state index in [4.69, 9.17) is 19.9 Å². The van der Waals surface area contributed by atoms with E-state index in [0.717, 1.165) is 134 Å². The number of hydrogen-bond acceptors (Lipinski definition) is 7. The topological polar surface area (TPSA) is 67.9 Å². The molecule has 0 N–H and O–H groups in total. The zero-order valence-electron chi connectivity index (χ0n) is 48.0. The van der Waals surface area contributed by atoms with Crippen molar-refractivity contribution in [1.29, 1.82) is 0 Å². The summed E-state index contributed by atoms with van der Waals surface area (Å²) in [6.07, 6.45) is 0. The van der Waals surface area contributed by atoms with Crippen LogP contribution >= 0.6 is 11.3 Å². The van der Waals surface area contributed by atoms with Crippen molar-refractivity contribution < 1.29 is 0 Å². The van der Waals surface area contributed by atoms with Gasteiger partial charge in [-0.15, -0.1) is 11.3 Å². The molecule has 0 saturated carbocycles. The lowest BCUT2D eigenvalue weighted by Gasteiger charge is -2.25. The van der Waals surface area contributed by atoms with Crippen LogP contribution in [0.5, 0.6) is 0 Å². The molecule has 5 heterocycles. The van der Waals surface area contributed by atoms with Crippen molar-refractivity contribution in [2.75, 3.05) is 9.80 Å². The molecule has 418 valence electrons. The first kappa shape index (κ1) is 51.6. The molecule has 0 aliphatic heterocycles. The highest BCUT2D eigenvalue weighted by Crippen LogP contribution is 2.50. The van der Waals surface area contributed by atoms with E-state index in [9.17, 15) is 0 Å². The van der Waals surface area contributed by atoms with Crippen molar-refractivity contribution in [3.8, 4) is 56.9 Å². The van der Waals surface area contributed by atoms with E-state index in [2.05, 4.69) is 310 Å². The minimum Gasteiger partial charge on any atom is -0.310 e. The summed E-state index contributed by atoms with van der Waals surface area (Å²) in [6, 6.07) is 111. The normalized spacial score (nSPS) is 11.6. The summed E-state index contributed by atoms with van der Waals surface area (Å²) in [7, 11) is 0. The molecule has 0 saturated heterocycles. The van der Waals surface area contributed by atoms with Gasteiger partial charge in [-0.05, 0) is 109 Å². The zero-order chi connectivity index (χ0) is 58.8. The lowest BCUT2D eigenvalue weighted by atomic mass is 10.0. The number of thiophene rings is 1. The molecule has 8 nitrogen and oxygen atoms in total. The van der Waals surface area contributed by atoms with Crippen LogP contribution < -0.4 is 9.80 Å². The molecular formula is C80H52N8S. The summed E-state index contributed by atoms with van der Waals surface area (Å²) < 4.78 is 6.90. The minimum absolute atomic E-state index is 0.591. The van der Waals surface area contributed by atoms with Crippen LogP contribution in [0, 0.1) is 0 Å². The van der Waals surface area contributed by atoms with Gasteiger partial charge in [-0.3, -0.25) is 9.13 Å². The maximum Gasteiger partial charge on any atom is 0.235 e. The van der Waals surface area contributed by atoms with Gasteiger partial charge in [0, 0.05) is 98.1 Å². The van der Waals surface area contributed by atoms with E-state index in [1.807, 2.05) is 35.6 Å². The predicted octanol–water partition coefficient (Wildman–Crippen LogP) is 21.4. The molecule has 17 aromatic rings. The SMILES string of the molecule is c1ccc(-c2cc(-c3ccccc3)nc(-n3c4ccc(N(c5ccccc5)c5ccccc5)cc4c4c5sc6c(ccc7c6c6cc(N(c8ccccc8)c8ccccc8)ccc6n7-c6nc(-c7ccccc7)cc(-c7ccccc7)n6)c5ccc43)n2)cc1. The van der Waals surface area contributed by atoms with Crippen molar-refractivity contribution >= 4 is 109 Å². The largest absolute Gasteiger partial charge is 0.310 e. The fourth-order valence-electron chi connectivity index (χ4n) is 12.9. The van der Waals surface area contributed by atoms with Gasteiger partial charge in [0.05, 0.1) is 44.8 Å².